The minimum atomic E-state index is -1.09. The number of fused-ring (bicyclic) bond motifs is 4. The minimum absolute atomic E-state index is 0.0612. The van der Waals surface area contributed by atoms with Crippen molar-refractivity contribution in [3.8, 4) is 11.5 Å². The van der Waals surface area contributed by atoms with E-state index in [1.54, 1.807) is 0 Å². The molecule has 1 heterocycles. The number of methoxy groups -OCH3 is 1. The second-order valence-electron chi connectivity index (χ2n) is 5.67. The van der Waals surface area contributed by atoms with Gasteiger partial charge in [0.2, 0.25) is 0 Å². The van der Waals surface area contributed by atoms with Crippen LogP contribution in [-0.2, 0) is 14.9 Å². The molecule has 0 saturated heterocycles. The zero-order chi connectivity index (χ0) is 15.2. The number of carbonyl (C=O) groups excluding carboxylic acids is 1. The lowest BCUT2D eigenvalue weighted by Crippen LogP contribution is -2.36. The molecule has 2 aliphatic rings. The zero-order valence-corrected chi connectivity index (χ0v) is 12.2. The Labute approximate surface area is 128 Å². The Bertz CT molecular complexity index is 682. The highest BCUT2D eigenvalue weighted by molar-refractivity contribution is 5.74. The summed E-state index contributed by atoms with van der Waals surface area (Å²) in [7, 11) is 1.33. The largest absolute Gasteiger partial charge is 0.463 e. The molecule has 0 unspecified atom stereocenters. The summed E-state index contributed by atoms with van der Waals surface area (Å²) in [6, 6.07) is 15.7. The number of hydrogen-bond acceptors (Lipinski definition) is 4. The van der Waals surface area contributed by atoms with Crippen LogP contribution in [0.25, 0.3) is 0 Å². The van der Waals surface area contributed by atoms with E-state index in [-0.39, 0.29) is 5.41 Å². The summed E-state index contributed by atoms with van der Waals surface area (Å²) in [5.41, 5.74) is 2.16. The second-order valence-corrected chi connectivity index (χ2v) is 5.67. The Morgan fingerprint density at radius 1 is 1.00 bits per heavy atom. The first-order valence-electron chi connectivity index (χ1n) is 7.35. The molecule has 4 rings (SSSR count). The van der Waals surface area contributed by atoms with Crippen LogP contribution >= 0.6 is 0 Å². The van der Waals surface area contributed by atoms with Gasteiger partial charge in [-0.25, -0.2) is 4.79 Å². The molecular formula is C18H16O4. The lowest BCUT2D eigenvalue weighted by atomic mass is 9.86. The first-order valence-corrected chi connectivity index (χ1v) is 7.35. The Morgan fingerprint density at radius 3 is 1.95 bits per heavy atom. The maximum Gasteiger partial charge on any atom is 0.389 e. The molecule has 1 aliphatic heterocycles. The van der Waals surface area contributed by atoms with Crippen molar-refractivity contribution in [3.05, 3.63) is 59.7 Å². The van der Waals surface area contributed by atoms with Gasteiger partial charge >= 0.3 is 12.3 Å². The van der Waals surface area contributed by atoms with Crippen molar-refractivity contribution < 1.29 is 19.0 Å². The van der Waals surface area contributed by atoms with Gasteiger partial charge in [0.15, 0.2) is 0 Å². The molecule has 0 radical (unpaired) electrons. The summed E-state index contributed by atoms with van der Waals surface area (Å²) in [6.45, 7) is 0. The second kappa shape index (κ2) is 4.77. The predicted octanol–water partition coefficient (Wildman–Crippen LogP) is 3.04. The lowest BCUT2D eigenvalue weighted by Gasteiger charge is -2.29. The summed E-state index contributed by atoms with van der Waals surface area (Å²) in [6.07, 6.45) is 1.01. The highest BCUT2D eigenvalue weighted by Crippen LogP contribution is 2.58. The van der Waals surface area contributed by atoms with Gasteiger partial charge in [0.05, 0.1) is 7.11 Å². The average Bonchev–Trinajstić information content (AvgIpc) is 3.35. The quantitative estimate of drug-likeness (QED) is 0.759. The summed E-state index contributed by atoms with van der Waals surface area (Å²) >= 11 is 0. The average molecular weight is 296 g/mol. The van der Waals surface area contributed by atoms with Crippen molar-refractivity contribution in [1.29, 1.82) is 0 Å². The van der Waals surface area contributed by atoms with Gasteiger partial charge in [-0.15, -0.1) is 0 Å². The molecule has 0 N–H and O–H groups in total. The van der Waals surface area contributed by atoms with E-state index in [0.29, 0.717) is 11.5 Å². The summed E-state index contributed by atoms with van der Waals surface area (Å²) < 4.78 is 16.4. The number of rotatable bonds is 1. The van der Waals surface area contributed by atoms with Gasteiger partial charge in [-0.3, -0.25) is 0 Å². The molecule has 112 valence electrons. The topological polar surface area (TPSA) is 44.8 Å². The number of para-hydroxylation sites is 2. The Kier molecular flexibility index (Phi) is 2.86. The van der Waals surface area contributed by atoms with Crippen LogP contribution in [0.5, 0.6) is 11.5 Å². The van der Waals surface area contributed by atoms with Crippen LogP contribution in [0, 0.1) is 0 Å². The first-order chi connectivity index (χ1) is 10.7. The third-order valence-electron chi connectivity index (χ3n) is 4.42. The molecule has 1 aliphatic carbocycles. The maximum absolute atomic E-state index is 12.0. The van der Waals surface area contributed by atoms with Gasteiger partial charge in [0.1, 0.15) is 11.5 Å². The number of hydrogen-bond donors (Lipinski definition) is 0. The number of ether oxygens (including phenoxy) is 3. The SMILES string of the molecule is COC(=O)C1Oc2ccccc2C2(CC2)c2ccccc2O1. The van der Waals surface area contributed by atoms with Crippen LogP contribution in [0.3, 0.4) is 0 Å². The molecule has 4 nitrogen and oxygen atoms in total. The van der Waals surface area contributed by atoms with Crippen LogP contribution in [0.1, 0.15) is 24.0 Å². The molecule has 0 amide bonds. The number of esters is 1. The highest BCUT2D eigenvalue weighted by Gasteiger charge is 2.50. The molecular weight excluding hydrogens is 280 g/mol. The van der Waals surface area contributed by atoms with E-state index in [9.17, 15) is 4.79 Å². The van der Waals surface area contributed by atoms with Crippen LogP contribution in [0.4, 0.5) is 0 Å². The van der Waals surface area contributed by atoms with E-state index < -0.39 is 12.3 Å². The zero-order valence-electron chi connectivity index (χ0n) is 12.2. The van der Waals surface area contributed by atoms with E-state index in [1.807, 2.05) is 36.4 Å². The molecule has 1 spiro atoms. The van der Waals surface area contributed by atoms with Gasteiger partial charge < -0.3 is 14.2 Å². The molecule has 0 bridgehead atoms. The van der Waals surface area contributed by atoms with Gasteiger partial charge in [-0.1, -0.05) is 36.4 Å². The van der Waals surface area contributed by atoms with Crippen molar-refractivity contribution in [2.75, 3.05) is 7.11 Å². The van der Waals surface area contributed by atoms with Crippen LogP contribution in [0.15, 0.2) is 48.5 Å². The predicted molar refractivity (Wildman–Crippen MR) is 80.0 cm³/mol. The fourth-order valence-corrected chi connectivity index (χ4v) is 3.19. The molecule has 22 heavy (non-hydrogen) atoms. The van der Waals surface area contributed by atoms with E-state index in [0.717, 1.165) is 24.0 Å². The molecule has 1 fully saturated rings. The van der Waals surface area contributed by atoms with Crippen molar-refractivity contribution in [3.63, 3.8) is 0 Å². The van der Waals surface area contributed by atoms with E-state index in [1.165, 1.54) is 7.11 Å². The summed E-state index contributed by atoms with van der Waals surface area (Å²) in [5.74, 6) is 0.825. The van der Waals surface area contributed by atoms with E-state index in [4.69, 9.17) is 14.2 Å². The summed E-state index contributed by atoms with van der Waals surface area (Å²) in [4.78, 5) is 12.0. The van der Waals surface area contributed by atoms with Crippen molar-refractivity contribution >= 4 is 5.97 Å². The molecule has 0 aromatic heterocycles. The smallest absolute Gasteiger partial charge is 0.389 e. The van der Waals surface area contributed by atoms with Gasteiger partial charge in [-0.05, 0) is 25.0 Å². The fraction of sp³-hybridized carbons (Fsp3) is 0.278. The fourth-order valence-electron chi connectivity index (χ4n) is 3.19. The third-order valence-corrected chi connectivity index (χ3v) is 4.42. The van der Waals surface area contributed by atoms with Crippen molar-refractivity contribution in [1.82, 2.24) is 0 Å². The van der Waals surface area contributed by atoms with Crippen molar-refractivity contribution in [2.24, 2.45) is 0 Å². The van der Waals surface area contributed by atoms with Crippen LogP contribution in [-0.4, -0.2) is 19.4 Å². The molecule has 2 aromatic carbocycles. The third kappa shape index (κ3) is 1.87. The Morgan fingerprint density at radius 2 is 1.50 bits per heavy atom. The first kappa shape index (κ1) is 13.2. The van der Waals surface area contributed by atoms with Crippen LogP contribution < -0.4 is 9.47 Å². The Hall–Kier alpha value is -2.49. The summed E-state index contributed by atoms with van der Waals surface area (Å²) in [5, 5.41) is 0. The van der Waals surface area contributed by atoms with Crippen LogP contribution in [0.2, 0.25) is 0 Å². The molecule has 2 aromatic rings. The highest BCUT2D eigenvalue weighted by atomic mass is 16.7. The normalized spacial score (nSPS) is 18.0. The number of carbonyl (C=O) groups is 1. The van der Waals surface area contributed by atoms with E-state index in [2.05, 4.69) is 12.1 Å². The van der Waals surface area contributed by atoms with Gasteiger partial charge in [0, 0.05) is 16.5 Å². The van der Waals surface area contributed by atoms with Crippen molar-refractivity contribution in [2.45, 2.75) is 24.5 Å². The molecule has 1 saturated carbocycles. The number of benzene rings is 2. The molecule has 0 atom stereocenters. The van der Waals surface area contributed by atoms with Gasteiger partial charge in [-0.2, -0.15) is 0 Å². The lowest BCUT2D eigenvalue weighted by molar-refractivity contribution is -0.162. The minimum Gasteiger partial charge on any atom is -0.463 e. The molecule has 4 heteroatoms. The monoisotopic (exact) mass is 296 g/mol. The maximum atomic E-state index is 12.0. The standard InChI is InChI=1S/C18H16O4/c1-20-16(19)17-21-14-8-4-2-6-12(14)18(10-11-18)13-7-3-5-9-15(13)22-17/h2-9,17H,10-11H2,1H3. The van der Waals surface area contributed by atoms with E-state index >= 15 is 0 Å². The Balaban J connectivity index is 1.90. The van der Waals surface area contributed by atoms with Gasteiger partial charge in [0.25, 0.3) is 0 Å².